The van der Waals surface area contributed by atoms with Gasteiger partial charge in [0.15, 0.2) is 0 Å². The van der Waals surface area contributed by atoms with Crippen LogP contribution >= 0.6 is 0 Å². The number of carbonyl (C=O) groups is 2. The van der Waals surface area contributed by atoms with Crippen LogP contribution in [0.15, 0.2) is 18.2 Å². The number of hydrogen-bond donors (Lipinski definition) is 3. The predicted molar refractivity (Wildman–Crippen MR) is 107 cm³/mol. The van der Waals surface area contributed by atoms with Crippen LogP contribution in [-0.4, -0.2) is 41.0 Å². The van der Waals surface area contributed by atoms with Crippen molar-refractivity contribution in [1.82, 2.24) is 15.3 Å². The minimum absolute atomic E-state index is 0.0129. The zero-order chi connectivity index (χ0) is 19.5. The number of amides is 1. The molecule has 2 fully saturated rings. The molecule has 1 amide bonds. The van der Waals surface area contributed by atoms with E-state index in [1.807, 2.05) is 6.07 Å². The fraction of sp³-hybridized carbons (Fsp3) is 0.571. The van der Waals surface area contributed by atoms with Crippen LogP contribution in [-0.2, 0) is 9.53 Å². The van der Waals surface area contributed by atoms with Crippen LogP contribution in [0.3, 0.4) is 0 Å². The summed E-state index contributed by atoms with van der Waals surface area (Å²) in [6, 6.07) is 5.08. The number of fused-ring (bicyclic) bond motifs is 1. The van der Waals surface area contributed by atoms with Crippen LogP contribution in [0.2, 0.25) is 0 Å². The zero-order valence-corrected chi connectivity index (χ0v) is 16.3. The lowest BCUT2D eigenvalue weighted by Gasteiger charge is -2.30. The molecule has 0 bridgehead atoms. The van der Waals surface area contributed by atoms with Crippen molar-refractivity contribution in [2.24, 2.45) is 11.8 Å². The third kappa shape index (κ3) is 3.90. The maximum Gasteiger partial charge on any atom is 0.354 e. The number of rotatable bonds is 5. The van der Waals surface area contributed by atoms with Crippen molar-refractivity contribution in [2.45, 2.75) is 51.5 Å². The van der Waals surface area contributed by atoms with E-state index in [2.05, 4.69) is 20.6 Å². The number of pyridine rings is 1. The minimum Gasteiger partial charge on any atom is -0.461 e. The topological polar surface area (TPSA) is 96.1 Å². The fourth-order valence-electron chi connectivity index (χ4n) is 4.68. The first kappa shape index (κ1) is 18.9. The molecule has 1 saturated carbocycles. The molecule has 4 rings (SSSR count). The molecule has 0 aromatic carbocycles. The van der Waals surface area contributed by atoms with Crippen molar-refractivity contribution in [3.8, 4) is 0 Å². The molecule has 3 N–H and O–H groups in total. The highest BCUT2D eigenvalue weighted by Gasteiger charge is 2.38. The summed E-state index contributed by atoms with van der Waals surface area (Å²) >= 11 is 0. The van der Waals surface area contributed by atoms with Crippen LogP contribution in [0, 0.1) is 11.8 Å². The number of anilines is 1. The van der Waals surface area contributed by atoms with Crippen LogP contribution in [0.25, 0.3) is 11.0 Å². The number of aromatic amines is 1. The van der Waals surface area contributed by atoms with Crippen molar-refractivity contribution in [3.05, 3.63) is 23.9 Å². The van der Waals surface area contributed by atoms with Gasteiger partial charge in [-0.2, -0.15) is 0 Å². The second-order valence-corrected chi connectivity index (χ2v) is 7.80. The second-order valence-electron chi connectivity index (χ2n) is 7.80. The number of esters is 1. The molecule has 2 aromatic heterocycles. The van der Waals surface area contributed by atoms with Gasteiger partial charge >= 0.3 is 5.97 Å². The monoisotopic (exact) mass is 384 g/mol. The van der Waals surface area contributed by atoms with Crippen LogP contribution < -0.4 is 10.6 Å². The van der Waals surface area contributed by atoms with Crippen molar-refractivity contribution in [3.63, 3.8) is 0 Å². The molecule has 2 aromatic rings. The molecule has 7 heteroatoms. The SMILES string of the molecule is CCOC(=O)c1cc2nc(NC(=O)[C@H]3NCCC3C3CCCCC3)ccc2[nH]1. The number of nitrogens with one attached hydrogen (secondary N) is 3. The number of nitrogens with zero attached hydrogens (tertiary/aromatic N) is 1. The Kier molecular flexibility index (Phi) is 5.62. The summed E-state index contributed by atoms with van der Waals surface area (Å²) in [5.41, 5.74) is 1.73. The highest BCUT2D eigenvalue weighted by atomic mass is 16.5. The molecule has 0 radical (unpaired) electrons. The van der Waals surface area contributed by atoms with Gasteiger partial charge in [-0.3, -0.25) is 4.79 Å². The summed E-state index contributed by atoms with van der Waals surface area (Å²) in [7, 11) is 0. The number of aromatic nitrogens is 2. The van der Waals surface area contributed by atoms with Crippen LogP contribution in [0.1, 0.15) is 55.9 Å². The molecule has 3 heterocycles. The van der Waals surface area contributed by atoms with E-state index in [0.29, 0.717) is 35.5 Å². The Morgan fingerprint density at radius 2 is 2.04 bits per heavy atom. The highest BCUT2D eigenvalue weighted by Crippen LogP contribution is 2.36. The molecule has 2 aliphatic rings. The summed E-state index contributed by atoms with van der Waals surface area (Å²) in [6.07, 6.45) is 7.42. The number of ether oxygens (including phenoxy) is 1. The van der Waals surface area contributed by atoms with Gasteiger partial charge in [-0.25, -0.2) is 9.78 Å². The molecule has 2 atom stereocenters. The predicted octanol–water partition coefficient (Wildman–Crippen LogP) is 3.24. The first-order valence-corrected chi connectivity index (χ1v) is 10.4. The highest BCUT2D eigenvalue weighted by molar-refractivity contribution is 5.97. The van der Waals surface area contributed by atoms with E-state index >= 15 is 0 Å². The minimum atomic E-state index is -0.406. The first-order chi connectivity index (χ1) is 13.7. The quantitative estimate of drug-likeness (QED) is 0.688. The zero-order valence-electron chi connectivity index (χ0n) is 16.3. The van der Waals surface area contributed by atoms with E-state index < -0.39 is 5.97 Å². The molecule has 0 spiro atoms. The van der Waals surface area contributed by atoms with Gasteiger partial charge in [0.05, 0.1) is 23.7 Å². The van der Waals surface area contributed by atoms with Crippen molar-refractivity contribution in [2.75, 3.05) is 18.5 Å². The third-order valence-electron chi connectivity index (χ3n) is 6.03. The lowest BCUT2D eigenvalue weighted by Crippen LogP contribution is -2.42. The van der Waals surface area contributed by atoms with E-state index in [4.69, 9.17) is 4.74 Å². The third-order valence-corrected chi connectivity index (χ3v) is 6.03. The van der Waals surface area contributed by atoms with E-state index in [-0.39, 0.29) is 11.9 Å². The Bertz CT molecular complexity index is 856. The molecule has 1 unspecified atom stereocenters. The van der Waals surface area contributed by atoms with Crippen molar-refractivity contribution < 1.29 is 14.3 Å². The van der Waals surface area contributed by atoms with Gasteiger partial charge in [0, 0.05) is 0 Å². The number of hydrogen-bond acceptors (Lipinski definition) is 5. The average Bonchev–Trinajstić information content (AvgIpc) is 3.36. The first-order valence-electron chi connectivity index (χ1n) is 10.4. The molecule has 1 aliphatic heterocycles. The summed E-state index contributed by atoms with van der Waals surface area (Å²) in [5.74, 6) is 1.14. The van der Waals surface area contributed by atoms with Crippen LogP contribution in [0.4, 0.5) is 5.82 Å². The van der Waals surface area contributed by atoms with Crippen molar-refractivity contribution in [1.29, 1.82) is 0 Å². The second kappa shape index (κ2) is 8.31. The molecule has 1 saturated heterocycles. The molecule has 28 heavy (non-hydrogen) atoms. The number of carbonyl (C=O) groups excluding carboxylic acids is 2. The average molecular weight is 384 g/mol. The molecule has 150 valence electrons. The normalized spacial score (nSPS) is 23.0. The smallest absolute Gasteiger partial charge is 0.354 e. The van der Waals surface area contributed by atoms with Gasteiger partial charge < -0.3 is 20.4 Å². The number of H-pyrrole nitrogens is 1. The Morgan fingerprint density at radius 1 is 1.21 bits per heavy atom. The molecular weight excluding hydrogens is 356 g/mol. The summed E-state index contributed by atoms with van der Waals surface area (Å²) in [5, 5.41) is 6.35. The maximum atomic E-state index is 12.9. The van der Waals surface area contributed by atoms with Gasteiger partial charge in [-0.15, -0.1) is 0 Å². The van der Waals surface area contributed by atoms with Gasteiger partial charge in [0.2, 0.25) is 5.91 Å². The van der Waals surface area contributed by atoms with Crippen molar-refractivity contribution >= 4 is 28.7 Å². The lowest BCUT2D eigenvalue weighted by molar-refractivity contribution is -0.119. The Labute approximate surface area is 164 Å². The van der Waals surface area contributed by atoms with Gasteiger partial charge in [-0.05, 0) is 49.9 Å². The molecule has 1 aliphatic carbocycles. The van der Waals surface area contributed by atoms with Gasteiger partial charge in [-0.1, -0.05) is 32.1 Å². The summed E-state index contributed by atoms with van der Waals surface area (Å²) in [4.78, 5) is 32.3. The summed E-state index contributed by atoms with van der Waals surface area (Å²) in [6.45, 7) is 2.98. The maximum absolute atomic E-state index is 12.9. The molecule has 7 nitrogen and oxygen atoms in total. The van der Waals surface area contributed by atoms with E-state index in [0.717, 1.165) is 18.5 Å². The van der Waals surface area contributed by atoms with Crippen LogP contribution in [0.5, 0.6) is 0 Å². The molecular formula is C21H28N4O3. The largest absolute Gasteiger partial charge is 0.461 e. The Balaban J connectivity index is 1.46. The van der Waals surface area contributed by atoms with Gasteiger partial charge in [0.1, 0.15) is 11.5 Å². The summed E-state index contributed by atoms with van der Waals surface area (Å²) < 4.78 is 5.01. The van der Waals surface area contributed by atoms with E-state index in [1.165, 1.54) is 32.1 Å². The lowest BCUT2D eigenvalue weighted by atomic mass is 9.76. The standard InChI is InChI=1S/C21H28N4O3/c1-2-28-21(27)17-12-16-15(23-17)8-9-18(24-16)25-20(26)19-14(10-11-22-19)13-6-4-3-5-7-13/h8-9,12-14,19,22-23H,2-7,10-11H2,1H3,(H,24,25,26)/t14?,19-/m0/s1. The Hall–Kier alpha value is -2.41. The Morgan fingerprint density at radius 3 is 2.82 bits per heavy atom. The van der Waals surface area contributed by atoms with Gasteiger partial charge in [0.25, 0.3) is 0 Å². The van der Waals surface area contributed by atoms with E-state index in [9.17, 15) is 9.59 Å². The van der Waals surface area contributed by atoms with E-state index in [1.54, 1.807) is 19.1 Å². The fourth-order valence-corrected chi connectivity index (χ4v) is 4.68.